The molecule has 1 nitrogen and oxygen atoms in total. The second-order valence-electron chi connectivity index (χ2n) is 8.19. The topological polar surface area (TPSA) is 20.2 Å². The van der Waals surface area contributed by atoms with E-state index in [-0.39, 0.29) is 11.3 Å². The number of aliphatic hydroxyl groups is 1. The highest BCUT2D eigenvalue weighted by Crippen LogP contribution is 2.45. The van der Waals surface area contributed by atoms with Crippen molar-refractivity contribution in [2.45, 2.75) is 53.6 Å². The molecule has 0 fully saturated rings. The molecule has 1 aliphatic carbocycles. The van der Waals surface area contributed by atoms with E-state index >= 15 is 0 Å². The zero-order chi connectivity index (χ0) is 17.6. The molecule has 3 rings (SSSR count). The van der Waals surface area contributed by atoms with Gasteiger partial charge in [0.1, 0.15) is 0 Å². The molecule has 24 heavy (non-hydrogen) atoms. The predicted octanol–water partition coefficient (Wildman–Crippen LogP) is 6.30. The smallest absolute Gasteiger partial charge is 0.0847 e. The molecule has 0 amide bonds. The molecule has 2 aromatic rings. The van der Waals surface area contributed by atoms with Crippen molar-refractivity contribution in [3.05, 3.63) is 70.3 Å². The van der Waals surface area contributed by atoms with Crippen LogP contribution in [-0.2, 0) is 0 Å². The van der Waals surface area contributed by atoms with Gasteiger partial charge in [-0.25, -0.2) is 0 Å². The Morgan fingerprint density at radius 2 is 1.62 bits per heavy atom. The molecular weight excluding hydrogens is 292 g/mol. The lowest BCUT2D eigenvalue weighted by atomic mass is 9.77. The summed E-state index contributed by atoms with van der Waals surface area (Å²) in [5.74, 6) is 0.265. The van der Waals surface area contributed by atoms with E-state index in [4.69, 9.17) is 0 Å². The molecule has 1 aliphatic rings. The molecule has 0 radical (unpaired) electrons. The molecule has 2 aromatic carbocycles. The van der Waals surface area contributed by atoms with Crippen molar-refractivity contribution in [3.8, 4) is 0 Å². The van der Waals surface area contributed by atoms with Crippen molar-refractivity contribution < 1.29 is 5.11 Å². The molecule has 1 heteroatoms. The largest absolute Gasteiger partial charge is 0.388 e. The Bertz CT molecular complexity index is 846. The van der Waals surface area contributed by atoms with Crippen LogP contribution in [0.2, 0.25) is 0 Å². The first-order valence-corrected chi connectivity index (χ1v) is 8.77. The fourth-order valence-corrected chi connectivity index (χ4v) is 3.69. The first-order valence-electron chi connectivity index (χ1n) is 8.77. The summed E-state index contributed by atoms with van der Waals surface area (Å²) in [6.45, 7) is 12.9. The molecule has 126 valence electrons. The monoisotopic (exact) mass is 320 g/mol. The van der Waals surface area contributed by atoms with Crippen LogP contribution in [0.1, 0.15) is 64.7 Å². The van der Waals surface area contributed by atoms with Crippen LogP contribution in [0.15, 0.2) is 59.2 Å². The molecule has 2 unspecified atom stereocenters. The van der Waals surface area contributed by atoms with Crippen molar-refractivity contribution in [1.29, 1.82) is 0 Å². The van der Waals surface area contributed by atoms with Gasteiger partial charge in [0.25, 0.3) is 0 Å². The van der Waals surface area contributed by atoms with E-state index in [1.54, 1.807) is 0 Å². The molecule has 0 heterocycles. The second kappa shape index (κ2) is 5.89. The fraction of sp³-hybridized carbons (Fsp3) is 0.391. The first-order chi connectivity index (χ1) is 11.2. The van der Waals surface area contributed by atoms with Gasteiger partial charge in [0.2, 0.25) is 0 Å². The minimum Gasteiger partial charge on any atom is -0.388 e. The van der Waals surface area contributed by atoms with Crippen molar-refractivity contribution >= 4 is 10.8 Å². The Morgan fingerprint density at radius 1 is 0.958 bits per heavy atom. The number of benzene rings is 2. The maximum absolute atomic E-state index is 11.2. The Kier molecular flexibility index (Phi) is 4.17. The maximum atomic E-state index is 11.2. The summed E-state index contributed by atoms with van der Waals surface area (Å²) in [5, 5.41) is 13.5. The molecule has 2 atom stereocenters. The molecule has 0 aromatic heterocycles. The van der Waals surface area contributed by atoms with E-state index in [0.29, 0.717) is 0 Å². The number of aliphatic hydroxyl groups excluding tert-OH is 1. The van der Waals surface area contributed by atoms with Crippen LogP contribution in [-0.4, -0.2) is 5.11 Å². The molecular formula is C23H28O. The lowest BCUT2D eigenvalue weighted by Gasteiger charge is -2.31. The van der Waals surface area contributed by atoms with E-state index in [1.165, 1.54) is 33.1 Å². The summed E-state index contributed by atoms with van der Waals surface area (Å²) in [4.78, 5) is 0. The number of allylic oxidation sites excluding steroid dienone is 4. The van der Waals surface area contributed by atoms with Crippen LogP contribution >= 0.6 is 0 Å². The van der Waals surface area contributed by atoms with E-state index in [9.17, 15) is 5.11 Å². The summed E-state index contributed by atoms with van der Waals surface area (Å²) in [6.07, 6.45) is 1.84. The third kappa shape index (κ3) is 2.71. The minimum absolute atomic E-state index is 0.205. The summed E-state index contributed by atoms with van der Waals surface area (Å²) >= 11 is 0. The van der Waals surface area contributed by atoms with Crippen molar-refractivity contribution in [1.82, 2.24) is 0 Å². The predicted molar refractivity (Wildman–Crippen MR) is 103 cm³/mol. The van der Waals surface area contributed by atoms with Gasteiger partial charge in [-0.2, -0.15) is 0 Å². The third-order valence-corrected chi connectivity index (χ3v) is 5.50. The fourth-order valence-electron chi connectivity index (χ4n) is 3.69. The lowest BCUT2D eigenvalue weighted by Crippen LogP contribution is -2.20. The molecule has 0 aliphatic heterocycles. The standard InChI is InChI=1S/C23H28O/c1-14-13-20(16(3)15(14)2)19-12-11-17-9-7-8-10-18(17)21(19)22(24)23(4,5)6/h7-13,20,22,24H,1-6H3. The van der Waals surface area contributed by atoms with Gasteiger partial charge in [-0.3, -0.25) is 0 Å². The van der Waals surface area contributed by atoms with Gasteiger partial charge in [0.05, 0.1) is 6.10 Å². The lowest BCUT2D eigenvalue weighted by molar-refractivity contribution is 0.0631. The minimum atomic E-state index is -0.499. The number of rotatable bonds is 2. The second-order valence-corrected chi connectivity index (χ2v) is 8.19. The zero-order valence-corrected chi connectivity index (χ0v) is 15.6. The van der Waals surface area contributed by atoms with Gasteiger partial charge >= 0.3 is 0 Å². The van der Waals surface area contributed by atoms with E-state index in [0.717, 1.165) is 5.56 Å². The third-order valence-electron chi connectivity index (χ3n) is 5.50. The highest BCUT2D eigenvalue weighted by atomic mass is 16.3. The molecule has 0 saturated carbocycles. The van der Waals surface area contributed by atoms with Crippen molar-refractivity contribution in [2.75, 3.05) is 0 Å². The van der Waals surface area contributed by atoms with E-state index in [1.807, 2.05) is 0 Å². The van der Waals surface area contributed by atoms with Gasteiger partial charge in [-0.15, -0.1) is 0 Å². The highest BCUT2D eigenvalue weighted by molar-refractivity contribution is 5.87. The van der Waals surface area contributed by atoms with Crippen LogP contribution in [0.4, 0.5) is 0 Å². The Balaban J connectivity index is 2.30. The molecule has 0 bridgehead atoms. The van der Waals surface area contributed by atoms with Gasteiger partial charge in [0, 0.05) is 5.92 Å². The summed E-state index contributed by atoms with van der Waals surface area (Å²) in [6, 6.07) is 12.8. The molecule has 1 N–H and O–H groups in total. The summed E-state index contributed by atoms with van der Waals surface area (Å²) in [7, 11) is 0. The SMILES string of the molecule is CC1=CC(c2ccc3ccccc3c2C(O)C(C)(C)C)C(C)=C1C. The highest BCUT2D eigenvalue weighted by Gasteiger charge is 2.31. The van der Waals surface area contributed by atoms with Crippen molar-refractivity contribution in [3.63, 3.8) is 0 Å². The Labute approximate surface area is 145 Å². The number of hydrogen-bond donors (Lipinski definition) is 1. The maximum Gasteiger partial charge on any atom is 0.0847 e. The van der Waals surface area contributed by atoms with Gasteiger partial charge < -0.3 is 5.11 Å². The van der Waals surface area contributed by atoms with E-state index < -0.39 is 6.10 Å². The van der Waals surface area contributed by atoms with Crippen molar-refractivity contribution in [2.24, 2.45) is 5.41 Å². The molecule has 0 spiro atoms. The van der Waals surface area contributed by atoms with E-state index in [2.05, 4.69) is 84.0 Å². The van der Waals surface area contributed by atoms with Crippen LogP contribution in [0, 0.1) is 5.41 Å². The summed E-state index contributed by atoms with van der Waals surface area (Å²) < 4.78 is 0. The van der Waals surface area contributed by atoms with Crippen LogP contribution in [0.5, 0.6) is 0 Å². The quantitative estimate of drug-likeness (QED) is 0.688. The van der Waals surface area contributed by atoms with Crippen LogP contribution in [0.25, 0.3) is 10.8 Å². The zero-order valence-electron chi connectivity index (χ0n) is 15.6. The first kappa shape index (κ1) is 17.0. The normalized spacial score (nSPS) is 19.8. The number of fused-ring (bicyclic) bond motifs is 1. The summed E-state index contributed by atoms with van der Waals surface area (Å²) in [5.41, 5.74) is 6.24. The van der Waals surface area contributed by atoms with Crippen LogP contribution in [0.3, 0.4) is 0 Å². The average Bonchev–Trinajstić information content (AvgIpc) is 2.79. The Morgan fingerprint density at radius 3 is 2.21 bits per heavy atom. The average molecular weight is 320 g/mol. The van der Waals surface area contributed by atoms with Crippen LogP contribution < -0.4 is 0 Å². The molecule has 0 saturated heterocycles. The van der Waals surface area contributed by atoms with Gasteiger partial charge in [-0.05, 0) is 53.7 Å². The van der Waals surface area contributed by atoms with Gasteiger partial charge in [-0.1, -0.05) is 74.4 Å². The Hall–Kier alpha value is -1.86. The number of hydrogen-bond acceptors (Lipinski definition) is 1. The van der Waals surface area contributed by atoms with Gasteiger partial charge in [0.15, 0.2) is 0 Å².